The van der Waals surface area contributed by atoms with Crippen molar-refractivity contribution in [2.75, 3.05) is 6.54 Å². The summed E-state index contributed by atoms with van der Waals surface area (Å²) in [5.41, 5.74) is 2.61. The summed E-state index contributed by atoms with van der Waals surface area (Å²) in [7, 11) is 0. The molecule has 23 heavy (non-hydrogen) atoms. The highest BCUT2D eigenvalue weighted by Gasteiger charge is 2.08. The predicted molar refractivity (Wildman–Crippen MR) is 92.1 cm³/mol. The number of nitrogens with zero attached hydrogens (tertiary/aromatic N) is 2. The van der Waals surface area contributed by atoms with Gasteiger partial charge >= 0.3 is 0 Å². The molecule has 6 heteroatoms. The molecule has 0 aliphatic heterocycles. The van der Waals surface area contributed by atoms with Gasteiger partial charge in [-0.1, -0.05) is 35.3 Å². The van der Waals surface area contributed by atoms with Crippen LogP contribution in [0.15, 0.2) is 48.8 Å². The van der Waals surface area contributed by atoms with Crippen molar-refractivity contribution in [1.29, 1.82) is 0 Å². The first-order valence-electron chi connectivity index (χ1n) is 7.25. The molecule has 2 aromatic heterocycles. The molecular formula is C17H15Cl2N3O. The number of pyridine rings is 1. The molecule has 1 N–H and O–H groups in total. The number of nitrogens with one attached hydrogen (secondary N) is 1. The summed E-state index contributed by atoms with van der Waals surface area (Å²) in [4.78, 5) is 16.5. The molecule has 118 valence electrons. The van der Waals surface area contributed by atoms with Gasteiger partial charge in [-0.3, -0.25) is 4.79 Å². The Morgan fingerprint density at radius 1 is 1.22 bits per heavy atom. The molecule has 0 saturated heterocycles. The first-order chi connectivity index (χ1) is 11.1. The first-order valence-corrected chi connectivity index (χ1v) is 8.00. The molecule has 1 amide bonds. The number of carbonyl (C=O) groups is 1. The number of imidazole rings is 1. The first kappa shape index (κ1) is 15.8. The van der Waals surface area contributed by atoms with Gasteiger partial charge in [-0.2, -0.15) is 0 Å². The Kier molecular flexibility index (Phi) is 4.84. The zero-order valence-corrected chi connectivity index (χ0v) is 13.8. The fourth-order valence-corrected chi connectivity index (χ4v) is 2.81. The number of fused-ring (bicyclic) bond motifs is 1. The summed E-state index contributed by atoms with van der Waals surface area (Å²) < 4.78 is 1.96. The van der Waals surface area contributed by atoms with Crippen molar-refractivity contribution in [3.05, 3.63) is 70.1 Å². The zero-order valence-electron chi connectivity index (χ0n) is 12.3. The summed E-state index contributed by atoms with van der Waals surface area (Å²) in [6.07, 6.45) is 4.84. The lowest BCUT2D eigenvalue weighted by Crippen LogP contribution is -2.27. The number of rotatable bonds is 5. The molecule has 3 rings (SSSR count). The van der Waals surface area contributed by atoms with E-state index in [-0.39, 0.29) is 12.3 Å². The van der Waals surface area contributed by atoms with E-state index in [2.05, 4.69) is 10.3 Å². The van der Waals surface area contributed by atoms with Crippen LogP contribution in [0.2, 0.25) is 10.0 Å². The van der Waals surface area contributed by atoms with Gasteiger partial charge in [-0.15, -0.1) is 0 Å². The van der Waals surface area contributed by atoms with Crippen LogP contribution < -0.4 is 5.32 Å². The monoisotopic (exact) mass is 347 g/mol. The Hall–Kier alpha value is -2.04. The molecule has 0 spiro atoms. The lowest BCUT2D eigenvalue weighted by atomic mass is 10.1. The van der Waals surface area contributed by atoms with Crippen LogP contribution in [0.5, 0.6) is 0 Å². The maximum atomic E-state index is 12.0. The topological polar surface area (TPSA) is 46.4 Å². The second-order valence-corrected chi connectivity index (χ2v) is 6.05. The molecule has 0 fully saturated rings. The van der Waals surface area contributed by atoms with Crippen LogP contribution in [0.4, 0.5) is 0 Å². The summed E-state index contributed by atoms with van der Waals surface area (Å²) in [6, 6.07) is 11.0. The molecule has 1 aromatic carbocycles. The minimum atomic E-state index is -0.0713. The van der Waals surface area contributed by atoms with Gasteiger partial charge in [0.15, 0.2) is 0 Å². The quantitative estimate of drug-likeness (QED) is 0.767. The Balaban J connectivity index is 1.52. The summed E-state index contributed by atoms with van der Waals surface area (Å²) in [6.45, 7) is 0.536. The van der Waals surface area contributed by atoms with Gasteiger partial charge in [0.1, 0.15) is 5.65 Å². The van der Waals surface area contributed by atoms with E-state index in [1.807, 2.05) is 35.0 Å². The van der Waals surface area contributed by atoms with Crippen LogP contribution in [0.3, 0.4) is 0 Å². The summed E-state index contributed by atoms with van der Waals surface area (Å²) in [5, 5.41) is 3.95. The Bertz CT molecular complexity index is 812. The fourth-order valence-electron chi connectivity index (χ4n) is 2.34. The normalized spacial score (nSPS) is 10.9. The van der Waals surface area contributed by atoms with Crippen molar-refractivity contribution in [2.45, 2.75) is 12.8 Å². The van der Waals surface area contributed by atoms with E-state index in [0.29, 0.717) is 23.0 Å². The van der Waals surface area contributed by atoms with Gasteiger partial charge in [0, 0.05) is 35.4 Å². The van der Waals surface area contributed by atoms with Gasteiger partial charge in [0.05, 0.1) is 12.1 Å². The average molecular weight is 348 g/mol. The number of hydrogen-bond donors (Lipinski definition) is 1. The number of aromatic nitrogens is 2. The molecule has 0 aliphatic rings. The SMILES string of the molecule is O=C(Cc1ccc(Cl)cc1Cl)NCCc1cn2ccccc2n1. The van der Waals surface area contributed by atoms with Crippen LogP contribution >= 0.6 is 23.2 Å². The lowest BCUT2D eigenvalue weighted by molar-refractivity contribution is -0.120. The molecule has 0 radical (unpaired) electrons. The largest absolute Gasteiger partial charge is 0.355 e. The van der Waals surface area contributed by atoms with Crippen molar-refractivity contribution in [3.8, 4) is 0 Å². The molecule has 0 aliphatic carbocycles. The standard InChI is InChI=1S/C17H15Cl2N3O/c18-13-5-4-12(15(19)10-13)9-17(23)20-7-6-14-11-22-8-2-1-3-16(22)21-14/h1-5,8,10-11H,6-7,9H2,(H,20,23). The molecule has 4 nitrogen and oxygen atoms in total. The molecule has 0 atom stereocenters. The van der Waals surface area contributed by atoms with Gasteiger partial charge in [-0.25, -0.2) is 4.98 Å². The van der Waals surface area contributed by atoms with E-state index in [0.717, 1.165) is 16.9 Å². The van der Waals surface area contributed by atoms with E-state index in [1.165, 1.54) is 0 Å². The van der Waals surface area contributed by atoms with Crippen LogP contribution in [0, 0.1) is 0 Å². The second-order valence-electron chi connectivity index (χ2n) is 5.21. The smallest absolute Gasteiger partial charge is 0.224 e. The predicted octanol–water partition coefficient (Wildman–Crippen LogP) is 3.54. The minimum absolute atomic E-state index is 0.0713. The molecule has 3 aromatic rings. The molecule has 2 heterocycles. The van der Waals surface area contributed by atoms with Gasteiger partial charge in [0.25, 0.3) is 0 Å². The highest BCUT2D eigenvalue weighted by molar-refractivity contribution is 6.35. The molecule has 0 bridgehead atoms. The maximum Gasteiger partial charge on any atom is 0.224 e. The van der Waals surface area contributed by atoms with Crippen LogP contribution in [0.1, 0.15) is 11.3 Å². The molecule has 0 unspecified atom stereocenters. The summed E-state index contributed by atoms with van der Waals surface area (Å²) >= 11 is 11.9. The van der Waals surface area contributed by atoms with E-state index < -0.39 is 0 Å². The van der Waals surface area contributed by atoms with Crippen LogP contribution in [-0.2, 0) is 17.6 Å². The van der Waals surface area contributed by atoms with Gasteiger partial charge in [0.2, 0.25) is 5.91 Å². The van der Waals surface area contributed by atoms with Crippen molar-refractivity contribution >= 4 is 34.8 Å². The second kappa shape index (κ2) is 7.02. The zero-order chi connectivity index (χ0) is 16.2. The van der Waals surface area contributed by atoms with Crippen LogP contribution in [-0.4, -0.2) is 21.8 Å². The third kappa shape index (κ3) is 4.03. The van der Waals surface area contributed by atoms with Crippen molar-refractivity contribution < 1.29 is 4.79 Å². The van der Waals surface area contributed by atoms with Crippen LogP contribution in [0.25, 0.3) is 5.65 Å². The van der Waals surface area contributed by atoms with Gasteiger partial charge < -0.3 is 9.72 Å². The Morgan fingerprint density at radius 3 is 2.87 bits per heavy atom. The minimum Gasteiger partial charge on any atom is -0.355 e. The number of carbonyl (C=O) groups excluding carboxylic acids is 1. The van der Waals surface area contributed by atoms with Crippen molar-refractivity contribution in [1.82, 2.24) is 14.7 Å². The maximum absolute atomic E-state index is 12.0. The van der Waals surface area contributed by atoms with E-state index in [1.54, 1.807) is 18.2 Å². The highest BCUT2D eigenvalue weighted by Crippen LogP contribution is 2.21. The molecule has 0 saturated carbocycles. The van der Waals surface area contributed by atoms with E-state index >= 15 is 0 Å². The van der Waals surface area contributed by atoms with E-state index in [4.69, 9.17) is 23.2 Å². The molecular weight excluding hydrogens is 333 g/mol. The van der Waals surface area contributed by atoms with Gasteiger partial charge in [-0.05, 0) is 29.8 Å². The third-order valence-corrected chi connectivity index (χ3v) is 4.07. The third-order valence-electron chi connectivity index (χ3n) is 3.48. The number of halogens is 2. The Labute approximate surface area is 144 Å². The Morgan fingerprint density at radius 2 is 2.09 bits per heavy atom. The average Bonchev–Trinajstić information content (AvgIpc) is 2.93. The fraction of sp³-hybridized carbons (Fsp3) is 0.176. The number of amides is 1. The highest BCUT2D eigenvalue weighted by atomic mass is 35.5. The van der Waals surface area contributed by atoms with Crippen molar-refractivity contribution in [2.24, 2.45) is 0 Å². The lowest BCUT2D eigenvalue weighted by Gasteiger charge is -2.06. The number of hydrogen-bond acceptors (Lipinski definition) is 2. The summed E-state index contributed by atoms with van der Waals surface area (Å²) in [5.74, 6) is -0.0713. The van der Waals surface area contributed by atoms with E-state index in [9.17, 15) is 4.79 Å². The number of benzene rings is 1. The van der Waals surface area contributed by atoms with Crippen molar-refractivity contribution in [3.63, 3.8) is 0 Å².